The maximum Gasteiger partial charge on any atom is 0.328 e. The van der Waals surface area contributed by atoms with Gasteiger partial charge in [-0.2, -0.15) is 0 Å². The zero-order chi connectivity index (χ0) is 24.2. The monoisotopic (exact) mass is 494 g/mol. The Labute approximate surface area is 205 Å². The van der Waals surface area contributed by atoms with Gasteiger partial charge in [0.05, 0.1) is 11.6 Å². The van der Waals surface area contributed by atoms with E-state index in [1.165, 1.54) is 4.68 Å². The molecule has 172 valence electrons. The quantitative estimate of drug-likeness (QED) is 0.335. The van der Waals surface area contributed by atoms with Crippen molar-refractivity contribution in [3.05, 3.63) is 100 Å². The molecule has 3 aromatic carbocycles. The molecule has 0 bridgehead atoms. The first-order chi connectivity index (χ1) is 16.3. The lowest BCUT2D eigenvalue weighted by molar-refractivity contribution is -0.137. The van der Waals surface area contributed by atoms with Crippen LogP contribution in [0.4, 0.5) is 5.69 Å². The first-order valence-corrected chi connectivity index (χ1v) is 11.1. The van der Waals surface area contributed by atoms with Crippen LogP contribution in [-0.4, -0.2) is 22.4 Å². The molecule has 1 aromatic heterocycles. The molecule has 1 heterocycles. The molecule has 0 radical (unpaired) electrons. The Balaban J connectivity index is 1.59. The average molecular weight is 495 g/mol. The smallest absolute Gasteiger partial charge is 0.328 e. The second-order valence-electron chi connectivity index (χ2n) is 7.58. The summed E-state index contributed by atoms with van der Waals surface area (Å²) in [6, 6.07) is 22.1. The lowest BCUT2D eigenvalue weighted by atomic mass is 10.1. The molecule has 9 heteroatoms. The fourth-order valence-electron chi connectivity index (χ4n) is 3.47. The number of benzene rings is 3. The summed E-state index contributed by atoms with van der Waals surface area (Å²) in [6.45, 7) is 1.78. The van der Waals surface area contributed by atoms with Crippen LogP contribution < -0.4 is 16.1 Å². The third-order valence-corrected chi connectivity index (χ3v) is 5.62. The van der Waals surface area contributed by atoms with Crippen LogP contribution in [0.15, 0.2) is 78.9 Å². The van der Waals surface area contributed by atoms with E-state index < -0.39 is 17.7 Å². The first-order valence-electron chi connectivity index (χ1n) is 10.4. The zero-order valence-electron chi connectivity index (χ0n) is 18.0. The summed E-state index contributed by atoms with van der Waals surface area (Å²) < 4.78 is 1.26. The summed E-state index contributed by atoms with van der Waals surface area (Å²) in [7, 11) is 0. The van der Waals surface area contributed by atoms with Crippen molar-refractivity contribution in [1.82, 2.24) is 9.99 Å². The third-order valence-electron chi connectivity index (χ3n) is 5.15. The molecule has 0 fully saturated rings. The van der Waals surface area contributed by atoms with Gasteiger partial charge in [-0.3, -0.25) is 19.8 Å². The molecule has 1 atom stereocenters. The average Bonchev–Trinajstić information content (AvgIpc) is 3.17. The van der Waals surface area contributed by atoms with Crippen LogP contribution in [0.1, 0.15) is 29.0 Å². The van der Waals surface area contributed by atoms with Crippen molar-refractivity contribution in [2.24, 2.45) is 0 Å². The van der Waals surface area contributed by atoms with E-state index in [2.05, 4.69) is 16.1 Å². The minimum absolute atomic E-state index is 0.106. The number of halogens is 2. The Hall–Kier alpha value is -3.81. The summed E-state index contributed by atoms with van der Waals surface area (Å²) >= 11 is 12.1. The summed E-state index contributed by atoms with van der Waals surface area (Å²) in [5, 5.41) is 6.94. The predicted octanol–water partition coefficient (Wildman–Crippen LogP) is 5.15. The lowest BCUT2D eigenvalue weighted by Gasteiger charge is -2.16. The van der Waals surface area contributed by atoms with Crippen molar-refractivity contribution in [1.29, 1.82) is 0 Å². The van der Waals surface area contributed by atoms with Crippen molar-refractivity contribution in [2.75, 3.05) is 10.7 Å². The van der Waals surface area contributed by atoms with Gasteiger partial charge in [-0.05, 0) is 55.0 Å². The van der Waals surface area contributed by atoms with Gasteiger partial charge in [0.1, 0.15) is 5.69 Å². The molecule has 0 saturated carbocycles. The minimum atomic E-state index is -0.924. The van der Waals surface area contributed by atoms with Crippen molar-refractivity contribution in [2.45, 2.75) is 13.0 Å². The van der Waals surface area contributed by atoms with Crippen molar-refractivity contribution in [3.63, 3.8) is 0 Å². The number of carbonyl (C=O) groups is 3. The predicted molar refractivity (Wildman–Crippen MR) is 134 cm³/mol. The van der Waals surface area contributed by atoms with Crippen molar-refractivity contribution >= 4 is 57.5 Å². The number of rotatable bonds is 5. The van der Waals surface area contributed by atoms with E-state index in [0.717, 1.165) is 5.56 Å². The van der Waals surface area contributed by atoms with E-state index in [1.807, 2.05) is 30.3 Å². The largest absolute Gasteiger partial charge is 0.341 e. The topological polar surface area (TPSA) is 92.2 Å². The molecule has 4 aromatic rings. The van der Waals surface area contributed by atoms with E-state index in [-0.39, 0.29) is 11.7 Å². The number of fused-ring (bicyclic) bond motifs is 1. The number of aromatic nitrogens is 1. The van der Waals surface area contributed by atoms with Gasteiger partial charge >= 0.3 is 11.8 Å². The Morgan fingerprint density at radius 2 is 1.56 bits per heavy atom. The molecule has 0 aliphatic carbocycles. The maximum absolute atomic E-state index is 13.1. The first kappa shape index (κ1) is 23.4. The molecular weight excluding hydrogens is 475 g/mol. The van der Waals surface area contributed by atoms with Gasteiger partial charge in [0.25, 0.3) is 5.91 Å². The fraction of sp³-hybridized carbons (Fsp3) is 0.0800. The number of nitrogens with zero attached hydrogens (tertiary/aromatic N) is 1. The molecule has 7 nitrogen and oxygen atoms in total. The molecule has 0 unspecified atom stereocenters. The van der Waals surface area contributed by atoms with E-state index >= 15 is 0 Å². The lowest BCUT2D eigenvalue weighted by Crippen LogP contribution is -2.40. The summed E-state index contributed by atoms with van der Waals surface area (Å²) in [4.78, 5) is 38.4. The van der Waals surface area contributed by atoms with E-state index in [9.17, 15) is 14.4 Å². The highest BCUT2D eigenvalue weighted by atomic mass is 35.5. The Bertz CT molecular complexity index is 1390. The van der Waals surface area contributed by atoms with Gasteiger partial charge in [-0.25, -0.2) is 4.68 Å². The van der Waals surface area contributed by atoms with Gasteiger partial charge < -0.3 is 10.6 Å². The van der Waals surface area contributed by atoms with Gasteiger partial charge in [0.2, 0.25) is 0 Å². The molecule has 4 rings (SSSR count). The van der Waals surface area contributed by atoms with Crippen LogP contribution in [-0.2, 0) is 9.59 Å². The number of hydrogen-bond donors (Lipinski definition) is 3. The van der Waals surface area contributed by atoms with Gasteiger partial charge in [0, 0.05) is 21.1 Å². The normalized spacial score (nSPS) is 11.6. The van der Waals surface area contributed by atoms with Crippen LogP contribution in [0.2, 0.25) is 10.0 Å². The highest BCUT2D eigenvalue weighted by Crippen LogP contribution is 2.24. The molecular formula is C25H20Cl2N4O3. The minimum Gasteiger partial charge on any atom is -0.341 e. The van der Waals surface area contributed by atoms with Crippen LogP contribution in [0.5, 0.6) is 0 Å². The van der Waals surface area contributed by atoms with Gasteiger partial charge in [-0.15, -0.1) is 0 Å². The number of anilines is 1. The van der Waals surface area contributed by atoms with E-state index in [1.54, 1.807) is 55.5 Å². The highest BCUT2D eigenvalue weighted by molar-refractivity contribution is 6.38. The Morgan fingerprint density at radius 3 is 2.29 bits per heavy atom. The molecule has 3 amide bonds. The Morgan fingerprint density at radius 1 is 0.824 bits per heavy atom. The summed E-state index contributed by atoms with van der Waals surface area (Å²) in [5.74, 6) is -2.27. The Kier molecular flexibility index (Phi) is 6.86. The zero-order valence-corrected chi connectivity index (χ0v) is 19.5. The molecule has 0 spiro atoms. The van der Waals surface area contributed by atoms with Crippen LogP contribution in [0.3, 0.4) is 0 Å². The summed E-state index contributed by atoms with van der Waals surface area (Å²) in [5.41, 5.74) is 4.46. The van der Waals surface area contributed by atoms with Crippen LogP contribution in [0, 0.1) is 0 Å². The number of hydrogen-bond acceptors (Lipinski definition) is 3. The fourth-order valence-corrected chi connectivity index (χ4v) is 3.85. The van der Waals surface area contributed by atoms with Gasteiger partial charge in [-0.1, -0.05) is 59.6 Å². The van der Waals surface area contributed by atoms with Crippen molar-refractivity contribution < 1.29 is 14.4 Å². The van der Waals surface area contributed by atoms with E-state index in [4.69, 9.17) is 23.2 Å². The van der Waals surface area contributed by atoms with Crippen LogP contribution >= 0.6 is 23.2 Å². The van der Waals surface area contributed by atoms with Crippen LogP contribution in [0.25, 0.3) is 10.9 Å². The second kappa shape index (κ2) is 9.99. The molecule has 3 N–H and O–H groups in total. The number of carbonyl (C=O) groups excluding carboxylic acids is 3. The van der Waals surface area contributed by atoms with Crippen molar-refractivity contribution in [3.8, 4) is 0 Å². The maximum atomic E-state index is 13.1. The second-order valence-corrected chi connectivity index (χ2v) is 8.45. The summed E-state index contributed by atoms with van der Waals surface area (Å²) in [6.07, 6.45) is 0. The third kappa shape index (κ3) is 5.22. The highest BCUT2D eigenvalue weighted by Gasteiger charge is 2.22. The molecule has 0 saturated heterocycles. The van der Waals surface area contributed by atoms with E-state index in [0.29, 0.717) is 26.6 Å². The van der Waals surface area contributed by atoms with Gasteiger partial charge in [0.15, 0.2) is 0 Å². The molecule has 34 heavy (non-hydrogen) atoms. The molecule has 0 aliphatic heterocycles. The number of amides is 3. The number of nitrogens with one attached hydrogen (secondary N) is 3. The SMILES string of the molecule is C[C@@H](NC(=O)C(=O)Nn1c(C(=O)Nc2cccc(Cl)c2)cc2cc(Cl)ccc21)c1ccccc1. The standard InChI is InChI=1S/C25H20Cl2N4O3/c1-15(16-6-3-2-4-7-16)28-24(33)25(34)30-31-21-11-10-19(27)12-17(21)13-22(31)23(32)29-20-9-5-8-18(26)14-20/h2-15H,1H3,(H,28,33)(H,29,32)(H,30,34)/t15-/m1/s1. The molecule has 0 aliphatic rings.